The molecule has 2 fully saturated rings. The molecule has 0 amide bonds. The molecule has 3 heterocycles. The summed E-state index contributed by atoms with van der Waals surface area (Å²) >= 11 is 0. The van der Waals surface area contributed by atoms with E-state index in [1.165, 1.54) is 0 Å². The van der Waals surface area contributed by atoms with Crippen molar-refractivity contribution in [1.82, 2.24) is 15.0 Å². The lowest BCUT2D eigenvalue weighted by molar-refractivity contribution is 0.122. The summed E-state index contributed by atoms with van der Waals surface area (Å²) in [7, 11) is 0. The summed E-state index contributed by atoms with van der Waals surface area (Å²) < 4.78 is 5.37. The minimum atomic E-state index is 0.298. The third kappa shape index (κ3) is 3.34. The van der Waals surface area contributed by atoms with Gasteiger partial charge in [0.25, 0.3) is 0 Å². The minimum Gasteiger partial charge on any atom is -0.378 e. The van der Waals surface area contributed by atoms with Crippen molar-refractivity contribution >= 4 is 17.8 Å². The van der Waals surface area contributed by atoms with Crippen LogP contribution >= 0.6 is 0 Å². The summed E-state index contributed by atoms with van der Waals surface area (Å²) in [5.41, 5.74) is 6.28. The molecule has 2 aliphatic rings. The molecule has 0 radical (unpaired) electrons. The van der Waals surface area contributed by atoms with Gasteiger partial charge in [-0.25, -0.2) is 0 Å². The van der Waals surface area contributed by atoms with Crippen LogP contribution in [0.1, 0.15) is 26.7 Å². The highest BCUT2D eigenvalue weighted by atomic mass is 16.5. The van der Waals surface area contributed by atoms with Gasteiger partial charge in [-0.1, -0.05) is 13.8 Å². The number of nitrogen functional groups attached to an aromatic ring is 1. The number of nitrogens with zero attached hydrogens (tertiary/aromatic N) is 5. The fourth-order valence-corrected chi connectivity index (χ4v) is 2.73. The lowest BCUT2D eigenvalue weighted by Gasteiger charge is -2.37. The van der Waals surface area contributed by atoms with Crippen LogP contribution < -0.4 is 15.5 Å². The number of hydrogen-bond acceptors (Lipinski definition) is 7. The molecule has 2 saturated heterocycles. The Hall–Kier alpha value is -1.63. The average Bonchev–Trinajstić information content (AvgIpc) is 2.47. The first-order valence-electron chi connectivity index (χ1n) is 7.63. The van der Waals surface area contributed by atoms with Gasteiger partial charge in [0, 0.05) is 26.2 Å². The first kappa shape index (κ1) is 14.3. The standard InChI is InChI=1S/C14H24N6O/c1-14(2)3-5-19(6-4-14)12-16-11(15)17-13(18-12)20-7-9-21-10-8-20/h3-10H2,1-2H3,(H2,15,16,17,18). The molecule has 2 N–H and O–H groups in total. The van der Waals surface area contributed by atoms with Crippen LogP contribution in [0, 0.1) is 5.41 Å². The number of morpholine rings is 1. The van der Waals surface area contributed by atoms with Crippen molar-refractivity contribution in [2.45, 2.75) is 26.7 Å². The van der Waals surface area contributed by atoms with Crippen molar-refractivity contribution in [3.8, 4) is 0 Å². The fourth-order valence-electron chi connectivity index (χ4n) is 2.73. The summed E-state index contributed by atoms with van der Waals surface area (Å²) in [5.74, 6) is 1.68. The van der Waals surface area contributed by atoms with E-state index in [2.05, 4.69) is 38.6 Å². The number of aromatic nitrogens is 3. The first-order chi connectivity index (χ1) is 10.0. The van der Waals surface area contributed by atoms with Crippen LogP contribution in [0.25, 0.3) is 0 Å². The van der Waals surface area contributed by atoms with Gasteiger partial charge in [-0.05, 0) is 18.3 Å². The van der Waals surface area contributed by atoms with Gasteiger partial charge in [0.05, 0.1) is 13.2 Å². The van der Waals surface area contributed by atoms with E-state index in [4.69, 9.17) is 10.5 Å². The monoisotopic (exact) mass is 292 g/mol. The number of ether oxygens (including phenoxy) is 1. The maximum Gasteiger partial charge on any atom is 0.232 e. The molecule has 0 saturated carbocycles. The van der Waals surface area contributed by atoms with E-state index in [9.17, 15) is 0 Å². The highest BCUT2D eigenvalue weighted by molar-refractivity contribution is 5.44. The van der Waals surface area contributed by atoms with Gasteiger partial charge in [-0.3, -0.25) is 0 Å². The Kier molecular flexibility index (Phi) is 3.84. The second kappa shape index (κ2) is 5.63. The Morgan fingerprint density at radius 2 is 1.43 bits per heavy atom. The highest BCUT2D eigenvalue weighted by Crippen LogP contribution is 2.31. The molecule has 116 valence electrons. The molecule has 0 unspecified atom stereocenters. The lowest BCUT2D eigenvalue weighted by Crippen LogP contribution is -2.40. The second-order valence-corrected chi connectivity index (χ2v) is 6.54. The molecule has 1 aromatic rings. The zero-order chi connectivity index (χ0) is 14.9. The molecule has 0 bridgehead atoms. The number of anilines is 3. The van der Waals surface area contributed by atoms with Crippen molar-refractivity contribution in [2.24, 2.45) is 5.41 Å². The Labute approximate surface area is 125 Å². The van der Waals surface area contributed by atoms with Crippen LogP contribution in [0.2, 0.25) is 0 Å². The minimum absolute atomic E-state index is 0.298. The lowest BCUT2D eigenvalue weighted by atomic mass is 9.83. The maximum absolute atomic E-state index is 5.88. The molecule has 0 spiro atoms. The van der Waals surface area contributed by atoms with E-state index < -0.39 is 0 Å². The number of rotatable bonds is 2. The van der Waals surface area contributed by atoms with Crippen LogP contribution in [-0.2, 0) is 4.74 Å². The molecule has 2 aliphatic heterocycles. The Morgan fingerprint density at radius 1 is 0.905 bits per heavy atom. The molecular formula is C14H24N6O. The van der Waals surface area contributed by atoms with Crippen LogP contribution in [0.15, 0.2) is 0 Å². The van der Waals surface area contributed by atoms with E-state index in [0.29, 0.717) is 36.5 Å². The van der Waals surface area contributed by atoms with Gasteiger partial charge in [-0.2, -0.15) is 15.0 Å². The topological polar surface area (TPSA) is 80.4 Å². The SMILES string of the molecule is CC1(C)CCN(c2nc(N)nc(N3CCOCC3)n2)CC1. The van der Waals surface area contributed by atoms with Gasteiger partial charge >= 0.3 is 0 Å². The number of nitrogens with two attached hydrogens (primary N) is 1. The van der Waals surface area contributed by atoms with E-state index in [-0.39, 0.29) is 0 Å². The Bertz CT molecular complexity index is 490. The van der Waals surface area contributed by atoms with E-state index >= 15 is 0 Å². The van der Waals surface area contributed by atoms with Crippen molar-refractivity contribution in [2.75, 3.05) is 54.9 Å². The van der Waals surface area contributed by atoms with Crippen molar-refractivity contribution in [3.63, 3.8) is 0 Å². The van der Waals surface area contributed by atoms with Crippen LogP contribution in [0.3, 0.4) is 0 Å². The number of hydrogen-bond donors (Lipinski definition) is 1. The van der Waals surface area contributed by atoms with Crippen molar-refractivity contribution in [3.05, 3.63) is 0 Å². The van der Waals surface area contributed by atoms with Gasteiger partial charge in [0.2, 0.25) is 17.8 Å². The summed E-state index contributed by atoms with van der Waals surface area (Å²) in [6.07, 6.45) is 2.29. The van der Waals surface area contributed by atoms with E-state index in [0.717, 1.165) is 39.0 Å². The largest absolute Gasteiger partial charge is 0.378 e. The van der Waals surface area contributed by atoms with Gasteiger partial charge in [0.15, 0.2) is 0 Å². The predicted octanol–water partition coefficient (Wildman–Crippen LogP) is 0.917. The van der Waals surface area contributed by atoms with Crippen LogP contribution in [-0.4, -0.2) is 54.3 Å². The smallest absolute Gasteiger partial charge is 0.232 e. The molecule has 7 heteroatoms. The summed E-state index contributed by atoms with van der Waals surface area (Å²) in [6, 6.07) is 0. The highest BCUT2D eigenvalue weighted by Gasteiger charge is 2.27. The molecule has 3 rings (SSSR count). The van der Waals surface area contributed by atoms with Crippen molar-refractivity contribution < 1.29 is 4.74 Å². The third-order valence-electron chi connectivity index (χ3n) is 4.32. The fraction of sp³-hybridized carbons (Fsp3) is 0.786. The Balaban J connectivity index is 1.78. The van der Waals surface area contributed by atoms with Crippen LogP contribution in [0.4, 0.5) is 17.8 Å². The molecule has 21 heavy (non-hydrogen) atoms. The summed E-state index contributed by atoms with van der Waals surface area (Å²) in [6.45, 7) is 9.58. The molecule has 7 nitrogen and oxygen atoms in total. The second-order valence-electron chi connectivity index (χ2n) is 6.54. The summed E-state index contributed by atoms with van der Waals surface area (Å²) in [5, 5.41) is 0. The molecule has 0 atom stereocenters. The molecular weight excluding hydrogens is 268 g/mol. The quantitative estimate of drug-likeness (QED) is 0.868. The van der Waals surface area contributed by atoms with Gasteiger partial charge in [0.1, 0.15) is 0 Å². The van der Waals surface area contributed by atoms with Gasteiger partial charge in [-0.15, -0.1) is 0 Å². The molecule has 0 aromatic carbocycles. The average molecular weight is 292 g/mol. The van der Waals surface area contributed by atoms with Gasteiger partial charge < -0.3 is 20.3 Å². The van der Waals surface area contributed by atoms with Crippen LogP contribution in [0.5, 0.6) is 0 Å². The number of piperidine rings is 1. The molecule has 0 aliphatic carbocycles. The summed E-state index contributed by atoms with van der Waals surface area (Å²) in [4.78, 5) is 17.6. The normalized spacial score (nSPS) is 22.4. The van der Waals surface area contributed by atoms with E-state index in [1.807, 2.05) is 0 Å². The predicted molar refractivity (Wildman–Crippen MR) is 82.5 cm³/mol. The Morgan fingerprint density at radius 3 is 2.00 bits per heavy atom. The van der Waals surface area contributed by atoms with Crippen molar-refractivity contribution in [1.29, 1.82) is 0 Å². The first-order valence-corrected chi connectivity index (χ1v) is 7.63. The maximum atomic E-state index is 5.88. The zero-order valence-electron chi connectivity index (χ0n) is 12.9. The molecule has 1 aromatic heterocycles. The zero-order valence-corrected chi connectivity index (χ0v) is 12.9. The third-order valence-corrected chi connectivity index (χ3v) is 4.32. The van der Waals surface area contributed by atoms with E-state index in [1.54, 1.807) is 0 Å².